The fraction of sp³-hybridized carbons (Fsp3) is 0.278. The van der Waals surface area contributed by atoms with Crippen molar-refractivity contribution in [2.45, 2.75) is 10.9 Å². The minimum atomic E-state index is -3.72. The van der Waals surface area contributed by atoms with E-state index in [1.807, 2.05) is 49.3 Å². The molecule has 0 fully saturated rings. The van der Waals surface area contributed by atoms with Gasteiger partial charge in [0.25, 0.3) is 0 Å². The lowest BCUT2D eigenvalue weighted by Crippen LogP contribution is -2.34. The van der Waals surface area contributed by atoms with Gasteiger partial charge >= 0.3 is 0 Å². The van der Waals surface area contributed by atoms with E-state index in [-0.39, 0.29) is 17.5 Å². The molecule has 0 unspecified atom stereocenters. The van der Waals surface area contributed by atoms with Crippen molar-refractivity contribution < 1.29 is 13.2 Å². The summed E-state index contributed by atoms with van der Waals surface area (Å²) in [6, 6.07) is 15.2. The Hall–Kier alpha value is -2.40. The molecule has 0 saturated carbocycles. The minimum Gasteiger partial charge on any atom is -0.496 e. The molecule has 2 aromatic rings. The molecule has 0 aliphatic rings. The molecule has 2 rings (SSSR count). The Balaban J connectivity index is 2.25. The van der Waals surface area contributed by atoms with Gasteiger partial charge in [0.15, 0.2) is 0 Å². The minimum absolute atomic E-state index is 0.0732. The summed E-state index contributed by atoms with van der Waals surface area (Å²) in [6.07, 6.45) is 0. The smallest absolute Gasteiger partial charge is 0.240 e. The van der Waals surface area contributed by atoms with Crippen LogP contribution in [0.3, 0.4) is 0 Å². The zero-order chi connectivity index (χ0) is 18.4. The molecular formula is C18H21N3O3S. The number of sulfonamides is 1. The van der Waals surface area contributed by atoms with Crippen LogP contribution in [0.1, 0.15) is 17.2 Å². The summed E-state index contributed by atoms with van der Waals surface area (Å²) in [5.41, 5.74) is 1.19. The molecule has 1 N–H and O–H groups in total. The third kappa shape index (κ3) is 4.57. The standard InChI is InChI=1S/C18H21N3O3S/c1-21(2)17(16-9-4-5-10-18(16)24-3)13-20-25(22,23)15-8-6-7-14(11-15)12-19/h4-11,17,20H,13H2,1-3H3/t17-/m0/s1. The molecule has 0 aromatic heterocycles. The molecule has 0 heterocycles. The summed E-state index contributed by atoms with van der Waals surface area (Å²) in [5.74, 6) is 0.701. The number of hydrogen-bond acceptors (Lipinski definition) is 5. The molecule has 132 valence electrons. The third-order valence-electron chi connectivity index (χ3n) is 3.86. The first-order valence-electron chi connectivity index (χ1n) is 7.68. The van der Waals surface area contributed by atoms with Crippen molar-refractivity contribution in [3.63, 3.8) is 0 Å². The van der Waals surface area contributed by atoms with Gasteiger partial charge in [0, 0.05) is 12.1 Å². The van der Waals surface area contributed by atoms with Gasteiger partial charge in [-0.05, 0) is 38.4 Å². The molecule has 0 radical (unpaired) electrons. The van der Waals surface area contributed by atoms with Gasteiger partial charge in [-0.25, -0.2) is 13.1 Å². The van der Waals surface area contributed by atoms with Crippen LogP contribution in [0.5, 0.6) is 5.75 Å². The number of rotatable bonds is 7. The van der Waals surface area contributed by atoms with E-state index < -0.39 is 10.0 Å². The molecule has 0 amide bonds. The van der Waals surface area contributed by atoms with Gasteiger partial charge in [-0.2, -0.15) is 5.26 Å². The summed E-state index contributed by atoms with van der Waals surface area (Å²) in [4.78, 5) is 2.00. The van der Waals surface area contributed by atoms with Crippen LogP contribution in [0.4, 0.5) is 0 Å². The van der Waals surface area contributed by atoms with Crippen molar-refractivity contribution in [1.29, 1.82) is 5.26 Å². The van der Waals surface area contributed by atoms with Crippen molar-refractivity contribution in [2.75, 3.05) is 27.7 Å². The van der Waals surface area contributed by atoms with Gasteiger partial charge in [0.05, 0.1) is 29.7 Å². The predicted molar refractivity (Wildman–Crippen MR) is 95.8 cm³/mol. The Morgan fingerprint density at radius 1 is 1.20 bits per heavy atom. The zero-order valence-electron chi connectivity index (χ0n) is 14.4. The average Bonchev–Trinajstić information content (AvgIpc) is 2.62. The van der Waals surface area contributed by atoms with Crippen molar-refractivity contribution in [1.82, 2.24) is 9.62 Å². The Bertz CT molecular complexity index is 873. The molecule has 0 spiro atoms. The number of methoxy groups -OCH3 is 1. The summed E-state index contributed by atoms with van der Waals surface area (Å²) in [7, 11) is 1.62. The first kappa shape index (κ1) is 18.9. The van der Waals surface area contributed by atoms with Crippen molar-refractivity contribution in [2.24, 2.45) is 0 Å². The van der Waals surface area contributed by atoms with E-state index in [0.717, 1.165) is 5.56 Å². The second-order valence-electron chi connectivity index (χ2n) is 5.71. The van der Waals surface area contributed by atoms with Gasteiger partial charge in [0.1, 0.15) is 5.75 Å². The lowest BCUT2D eigenvalue weighted by atomic mass is 10.1. The van der Waals surface area contributed by atoms with Gasteiger partial charge in [0.2, 0.25) is 10.0 Å². The fourth-order valence-corrected chi connectivity index (χ4v) is 3.60. The first-order valence-corrected chi connectivity index (χ1v) is 9.16. The van der Waals surface area contributed by atoms with Crippen LogP contribution in [0, 0.1) is 11.3 Å². The lowest BCUT2D eigenvalue weighted by Gasteiger charge is -2.26. The van der Waals surface area contributed by atoms with E-state index in [4.69, 9.17) is 10.00 Å². The third-order valence-corrected chi connectivity index (χ3v) is 5.28. The molecule has 1 atom stereocenters. The molecule has 0 bridgehead atoms. The van der Waals surface area contributed by atoms with Crippen LogP contribution in [-0.2, 0) is 10.0 Å². The quantitative estimate of drug-likeness (QED) is 0.819. The summed E-state index contributed by atoms with van der Waals surface area (Å²) >= 11 is 0. The zero-order valence-corrected chi connectivity index (χ0v) is 15.2. The maximum absolute atomic E-state index is 12.5. The normalized spacial score (nSPS) is 12.6. The van der Waals surface area contributed by atoms with Gasteiger partial charge < -0.3 is 9.64 Å². The maximum atomic E-state index is 12.5. The molecule has 0 saturated heterocycles. The number of benzene rings is 2. The monoisotopic (exact) mass is 359 g/mol. The van der Waals surface area contributed by atoms with E-state index in [1.165, 1.54) is 12.1 Å². The largest absolute Gasteiger partial charge is 0.496 e. The SMILES string of the molecule is COc1ccccc1[C@H](CNS(=O)(=O)c1cccc(C#N)c1)N(C)C. The van der Waals surface area contributed by atoms with Crippen LogP contribution in [0.25, 0.3) is 0 Å². The number of likely N-dealkylation sites (N-methyl/N-ethyl adjacent to an activating group) is 1. The highest BCUT2D eigenvalue weighted by molar-refractivity contribution is 7.89. The molecule has 0 aliphatic heterocycles. The topological polar surface area (TPSA) is 82.4 Å². The van der Waals surface area contributed by atoms with Gasteiger partial charge in [-0.3, -0.25) is 0 Å². The second-order valence-corrected chi connectivity index (χ2v) is 7.48. The Morgan fingerprint density at radius 2 is 1.92 bits per heavy atom. The second kappa shape index (κ2) is 8.12. The molecular weight excluding hydrogens is 338 g/mol. The number of nitriles is 1. The van der Waals surface area contributed by atoms with E-state index >= 15 is 0 Å². The highest BCUT2D eigenvalue weighted by Crippen LogP contribution is 2.27. The Kier molecular flexibility index (Phi) is 6.15. The number of nitrogens with one attached hydrogen (secondary N) is 1. The van der Waals surface area contributed by atoms with Crippen LogP contribution < -0.4 is 9.46 Å². The number of hydrogen-bond donors (Lipinski definition) is 1. The van der Waals surface area contributed by atoms with Crippen LogP contribution in [0.15, 0.2) is 53.4 Å². The summed E-state index contributed by atoms with van der Waals surface area (Å²) in [5, 5.41) is 8.94. The Morgan fingerprint density at radius 3 is 2.56 bits per heavy atom. The van der Waals surface area contributed by atoms with Crippen LogP contribution in [-0.4, -0.2) is 41.1 Å². The van der Waals surface area contributed by atoms with Crippen molar-refractivity contribution >= 4 is 10.0 Å². The molecule has 6 nitrogen and oxygen atoms in total. The van der Waals surface area contributed by atoms with E-state index in [0.29, 0.717) is 11.3 Å². The van der Waals surface area contributed by atoms with E-state index in [9.17, 15) is 8.42 Å². The van der Waals surface area contributed by atoms with E-state index in [2.05, 4.69) is 4.72 Å². The summed E-state index contributed by atoms with van der Waals surface area (Å²) < 4.78 is 33.1. The van der Waals surface area contributed by atoms with Gasteiger partial charge in [-0.1, -0.05) is 24.3 Å². The van der Waals surface area contributed by atoms with Crippen LogP contribution >= 0.6 is 0 Å². The number of ether oxygens (including phenoxy) is 1. The van der Waals surface area contributed by atoms with Crippen molar-refractivity contribution in [3.05, 3.63) is 59.7 Å². The van der Waals surface area contributed by atoms with E-state index in [1.54, 1.807) is 19.2 Å². The number of nitrogens with zero attached hydrogens (tertiary/aromatic N) is 2. The van der Waals surface area contributed by atoms with Crippen molar-refractivity contribution in [3.8, 4) is 11.8 Å². The maximum Gasteiger partial charge on any atom is 0.240 e. The first-order chi connectivity index (χ1) is 11.9. The highest BCUT2D eigenvalue weighted by Gasteiger charge is 2.22. The molecule has 25 heavy (non-hydrogen) atoms. The van der Waals surface area contributed by atoms with Gasteiger partial charge in [-0.15, -0.1) is 0 Å². The fourth-order valence-electron chi connectivity index (χ4n) is 2.52. The van der Waals surface area contributed by atoms with Crippen LogP contribution in [0.2, 0.25) is 0 Å². The molecule has 0 aliphatic carbocycles. The molecule has 7 heteroatoms. The molecule has 2 aromatic carbocycles. The lowest BCUT2D eigenvalue weighted by molar-refractivity contribution is 0.289. The Labute approximate surface area is 148 Å². The average molecular weight is 359 g/mol. The predicted octanol–water partition coefficient (Wildman–Crippen LogP) is 2.15. The summed E-state index contributed by atoms with van der Waals surface area (Å²) in [6.45, 7) is 0.173. The highest BCUT2D eigenvalue weighted by atomic mass is 32.2. The number of para-hydroxylation sites is 1.